The van der Waals surface area contributed by atoms with Gasteiger partial charge in [-0.25, -0.2) is 13.6 Å². The Hall–Kier alpha value is -2.14. The van der Waals surface area contributed by atoms with Crippen molar-refractivity contribution in [2.24, 2.45) is 5.41 Å². The topological polar surface area (TPSA) is 73.5 Å². The van der Waals surface area contributed by atoms with Crippen LogP contribution in [-0.2, 0) is 4.79 Å². The maximum absolute atomic E-state index is 14.7. The van der Waals surface area contributed by atoms with E-state index in [0.717, 1.165) is 24.0 Å². The summed E-state index contributed by atoms with van der Waals surface area (Å²) < 4.78 is 67.5. The van der Waals surface area contributed by atoms with Gasteiger partial charge in [0, 0.05) is 30.6 Å². The van der Waals surface area contributed by atoms with Gasteiger partial charge >= 0.3 is 12.2 Å². The number of hydrogen-bond donors (Lipinski definition) is 3. The first kappa shape index (κ1) is 22.5. The number of benzene rings is 1. The van der Waals surface area contributed by atoms with Crippen LogP contribution in [0.15, 0.2) is 12.1 Å². The zero-order valence-electron chi connectivity index (χ0n) is 16.0. The number of urea groups is 1. The molecule has 3 amide bonds. The van der Waals surface area contributed by atoms with Gasteiger partial charge in [-0.2, -0.15) is 13.2 Å². The maximum Gasteiger partial charge on any atom is 0.403 e. The van der Waals surface area contributed by atoms with Gasteiger partial charge < -0.3 is 16.0 Å². The Morgan fingerprint density at radius 2 is 1.97 bits per heavy atom. The van der Waals surface area contributed by atoms with Gasteiger partial charge in [-0.1, -0.05) is 24.6 Å². The van der Waals surface area contributed by atoms with Crippen LogP contribution in [0.2, 0.25) is 5.02 Å². The minimum Gasteiger partial charge on any atom is -0.347 e. The molecule has 3 atom stereocenters. The number of carbonyl (C=O) groups excluding carboxylic acids is 2. The van der Waals surface area contributed by atoms with E-state index >= 15 is 0 Å². The Bertz CT molecular complexity index is 860. The number of amides is 3. The average Bonchev–Trinajstić information content (AvgIpc) is 3.07. The summed E-state index contributed by atoms with van der Waals surface area (Å²) in [5.74, 6) is -2.75. The maximum atomic E-state index is 14.7. The molecule has 0 bridgehead atoms. The number of halogens is 6. The van der Waals surface area contributed by atoms with Crippen molar-refractivity contribution in [1.82, 2.24) is 20.9 Å². The number of hydrogen-bond acceptors (Lipinski definition) is 3. The Labute approximate surface area is 174 Å². The van der Waals surface area contributed by atoms with E-state index in [1.54, 1.807) is 6.92 Å². The molecule has 166 valence electrons. The fourth-order valence-electron chi connectivity index (χ4n) is 3.79. The van der Waals surface area contributed by atoms with Gasteiger partial charge in [0.25, 0.3) is 0 Å². The SMILES string of the molecule is CC(N1CC(C)(C(NC(=O)[C@@H]2CNC(=O)N2)c2ccc(F)c(Cl)c2F)C1)C(F)(F)F. The van der Waals surface area contributed by atoms with E-state index in [0.29, 0.717) is 0 Å². The van der Waals surface area contributed by atoms with Crippen LogP contribution < -0.4 is 16.0 Å². The summed E-state index contributed by atoms with van der Waals surface area (Å²) in [6.45, 7) is 2.42. The molecule has 2 heterocycles. The number of nitrogens with one attached hydrogen (secondary N) is 3. The van der Waals surface area contributed by atoms with E-state index in [9.17, 15) is 31.5 Å². The van der Waals surface area contributed by atoms with Crippen LogP contribution in [-0.4, -0.2) is 54.7 Å². The molecule has 0 spiro atoms. The van der Waals surface area contributed by atoms with Crippen LogP contribution >= 0.6 is 11.6 Å². The number of carbonyl (C=O) groups is 2. The predicted molar refractivity (Wildman–Crippen MR) is 97.8 cm³/mol. The van der Waals surface area contributed by atoms with Crippen molar-refractivity contribution < 1.29 is 31.5 Å². The standard InChI is InChI=1S/C18H20ClF5N4O2/c1-8(18(22,23)24)28-6-17(2,7-28)14(9-3-4-10(20)12(19)13(9)21)27-15(29)11-5-25-16(30)26-11/h3-4,8,11,14H,5-7H2,1-2H3,(H,27,29)(H2,25,26,30)/t8?,11-,14?/m0/s1. The van der Waals surface area contributed by atoms with Crippen molar-refractivity contribution in [3.05, 3.63) is 34.4 Å². The number of likely N-dealkylation sites (tertiary alicyclic amines) is 1. The van der Waals surface area contributed by atoms with Gasteiger partial charge in [0.2, 0.25) is 5.91 Å². The van der Waals surface area contributed by atoms with Crippen molar-refractivity contribution >= 4 is 23.5 Å². The highest BCUT2D eigenvalue weighted by Crippen LogP contribution is 2.46. The molecule has 0 aromatic heterocycles. The summed E-state index contributed by atoms with van der Waals surface area (Å²) in [7, 11) is 0. The molecule has 30 heavy (non-hydrogen) atoms. The molecular formula is C18H20ClF5N4O2. The number of alkyl halides is 3. The van der Waals surface area contributed by atoms with Crippen LogP contribution in [0, 0.1) is 17.0 Å². The molecule has 0 aliphatic carbocycles. The van der Waals surface area contributed by atoms with Crippen LogP contribution in [0.4, 0.5) is 26.7 Å². The van der Waals surface area contributed by atoms with Gasteiger partial charge in [-0.3, -0.25) is 9.69 Å². The molecule has 2 aliphatic heterocycles. The first-order valence-electron chi connectivity index (χ1n) is 9.12. The fraction of sp³-hybridized carbons (Fsp3) is 0.556. The van der Waals surface area contributed by atoms with Crippen molar-refractivity contribution in [2.45, 2.75) is 38.1 Å². The normalized spacial score (nSPS) is 23.2. The number of nitrogens with zero attached hydrogens (tertiary/aromatic N) is 1. The Morgan fingerprint density at radius 3 is 2.50 bits per heavy atom. The zero-order valence-corrected chi connectivity index (χ0v) is 16.8. The lowest BCUT2D eigenvalue weighted by molar-refractivity contribution is -0.206. The summed E-state index contributed by atoms with van der Waals surface area (Å²) in [5.41, 5.74) is -1.14. The lowest BCUT2D eigenvalue weighted by Crippen LogP contribution is -2.65. The molecule has 1 aromatic carbocycles. The van der Waals surface area contributed by atoms with E-state index in [-0.39, 0.29) is 25.2 Å². The third-order valence-electron chi connectivity index (χ3n) is 5.60. The van der Waals surface area contributed by atoms with Crippen LogP contribution in [0.3, 0.4) is 0 Å². The third kappa shape index (κ3) is 4.18. The van der Waals surface area contributed by atoms with Crippen molar-refractivity contribution in [3.63, 3.8) is 0 Å². The summed E-state index contributed by atoms with van der Waals surface area (Å²) in [5, 5.41) is 6.62. The number of rotatable bonds is 5. The van der Waals surface area contributed by atoms with Gasteiger partial charge in [-0.15, -0.1) is 0 Å². The summed E-state index contributed by atoms with van der Waals surface area (Å²) in [6, 6.07) is -2.28. The van der Waals surface area contributed by atoms with E-state index in [1.165, 1.54) is 0 Å². The molecule has 1 aromatic rings. The Balaban J connectivity index is 1.88. The predicted octanol–water partition coefficient (Wildman–Crippen LogP) is 2.73. The van der Waals surface area contributed by atoms with Gasteiger partial charge in [0.1, 0.15) is 28.7 Å². The average molecular weight is 455 g/mol. The zero-order chi connectivity index (χ0) is 22.4. The van der Waals surface area contributed by atoms with Crippen molar-refractivity contribution in [2.75, 3.05) is 19.6 Å². The summed E-state index contributed by atoms with van der Waals surface area (Å²) >= 11 is 5.67. The Morgan fingerprint density at radius 1 is 1.33 bits per heavy atom. The second kappa shape index (κ2) is 7.84. The first-order valence-corrected chi connectivity index (χ1v) is 9.50. The van der Waals surface area contributed by atoms with Crippen LogP contribution in [0.1, 0.15) is 25.5 Å². The smallest absolute Gasteiger partial charge is 0.347 e. The molecule has 2 saturated heterocycles. The molecule has 6 nitrogen and oxygen atoms in total. The molecule has 12 heteroatoms. The highest BCUT2D eigenvalue weighted by atomic mass is 35.5. The first-order chi connectivity index (χ1) is 13.8. The van der Waals surface area contributed by atoms with E-state index in [2.05, 4.69) is 16.0 Å². The second-order valence-electron chi connectivity index (χ2n) is 7.89. The molecule has 2 fully saturated rings. The van der Waals surface area contributed by atoms with Crippen molar-refractivity contribution in [3.8, 4) is 0 Å². The van der Waals surface area contributed by atoms with Gasteiger partial charge in [-0.05, 0) is 13.0 Å². The largest absolute Gasteiger partial charge is 0.403 e. The third-order valence-corrected chi connectivity index (χ3v) is 5.94. The quantitative estimate of drug-likeness (QED) is 0.473. The van der Waals surface area contributed by atoms with Gasteiger partial charge in [0.05, 0.1) is 6.04 Å². The van der Waals surface area contributed by atoms with E-state index < -0.39 is 58.3 Å². The highest BCUT2D eigenvalue weighted by molar-refractivity contribution is 6.31. The van der Waals surface area contributed by atoms with Gasteiger partial charge in [0.15, 0.2) is 0 Å². The summed E-state index contributed by atoms with van der Waals surface area (Å²) in [4.78, 5) is 25.1. The lowest BCUT2D eigenvalue weighted by Gasteiger charge is -2.54. The molecule has 2 aliphatic rings. The van der Waals surface area contributed by atoms with E-state index in [1.807, 2.05) is 0 Å². The van der Waals surface area contributed by atoms with E-state index in [4.69, 9.17) is 11.6 Å². The molecule has 0 saturated carbocycles. The molecule has 3 rings (SSSR count). The summed E-state index contributed by atoms with van der Waals surface area (Å²) in [6.07, 6.45) is -4.44. The minimum absolute atomic E-state index is 0.00199. The lowest BCUT2D eigenvalue weighted by atomic mass is 9.71. The van der Waals surface area contributed by atoms with Crippen LogP contribution in [0.5, 0.6) is 0 Å². The molecule has 3 N–H and O–H groups in total. The molecular weight excluding hydrogens is 435 g/mol. The molecule has 2 unspecified atom stereocenters. The van der Waals surface area contributed by atoms with Crippen molar-refractivity contribution in [1.29, 1.82) is 0 Å². The highest BCUT2D eigenvalue weighted by Gasteiger charge is 2.53. The minimum atomic E-state index is -4.44. The molecule has 0 radical (unpaired) electrons. The fourth-order valence-corrected chi connectivity index (χ4v) is 3.96. The van der Waals surface area contributed by atoms with Crippen LogP contribution in [0.25, 0.3) is 0 Å². The Kier molecular flexibility index (Phi) is 5.89. The monoisotopic (exact) mass is 454 g/mol. The second-order valence-corrected chi connectivity index (χ2v) is 8.27.